The zero-order chi connectivity index (χ0) is 8.39. The molecule has 0 saturated carbocycles. The molecule has 12 heavy (non-hydrogen) atoms. The van der Waals surface area contributed by atoms with Crippen molar-refractivity contribution in [2.45, 2.75) is 19.3 Å². The van der Waals surface area contributed by atoms with E-state index < -0.39 is 0 Å². The van der Waals surface area contributed by atoms with E-state index in [1.807, 2.05) is 12.1 Å². The summed E-state index contributed by atoms with van der Waals surface area (Å²) in [5.74, 6) is 1.59. The summed E-state index contributed by atoms with van der Waals surface area (Å²) < 4.78 is 0. The van der Waals surface area contributed by atoms with Gasteiger partial charge in [-0.3, -0.25) is 0 Å². The highest BCUT2D eigenvalue weighted by Crippen LogP contribution is 2.30. The van der Waals surface area contributed by atoms with Crippen LogP contribution >= 0.6 is 0 Å². The molecule has 1 N–H and O–H groups in total. The van der Waals surface area contributed by atoms with Crippen molar-refractivity contribution in [2.24, 2.45) is 0 Å². The summed E-state index contributed by atoms with van der Waals surface area (Å²) in [5.41, 5.74) is 4.27. The van der Waals surface area contributed by atoms with Crippen LogP contribution in [-0.4, -0.2) is 6.54 Å². The smallest absolute Gasteiger partial charge is 0.150 e. The molecule has 1 aliphatic heterocycles. The zero-order valence-corrected chi connectivity index (χ0v) is 7.21. The van der Waals surface area contributed by atoms with Crippen LogP contribution in [0.1, 0.15) is 24.8 Å². The van der Waals surface area contributed by atoms with Crippen LogP contribution in [0.3, 0.4) is 0 Å². The zero-order valence-electron chi connectivity index (χ0n) is 7.21. The van der Waals surface area contributed by atoms with E-state index in [9.17, 15) is 0 Å². The van der Waals surface area contributed by atoms with Gasteiger partial charge in [-0.1, -0.05) is 25.1 Å². The van der Waals surface area contributed by atoms with Crippen LogP contribution in [0.15, 0.2) is 24.3 Å². The Morgan fingerprint density at radius 2 is 2.33 bits per heavy atom. The molecule has 2 nitrogen and oxygen atoms in total. The van der Waals surface area contributed by atoms with Crippen molar-refractivity contribution < 1.29 is 4.84 Å². The third-order valence-electron chi connectivity index (χ3n) is 2.36. The molecule has 0 radical (unpaired) electrons. The van der Waals surface area contributed by atoms with Crippen LogP contribution in [0.5, 0.6) is 5.75 Å². The molecule has 1 unspecified atom stereocenters. The molecule has 0 aliphatic carbocycles. The molecule has 64 valence electrons. The van der Waals surface area contributed by atoms with E-state index in [4.69, 9.17) is 4.84 Å². The summed E-state index contributed by atoms with van der Waals surface area (Å²) in [7, 11) is 0. The van der Waals surface area contributed by atoms with Gasteiger partial charge in [-0.25, -0.2) is 0 Å². The number of nitrogens with one attached hydrogen (secondary N) is 1. The Balaban J connectivity index is 2.37. The average Bonchev–Trinajstić information content (AvgIpc) is 2.17. The molecule has 0 aromatic heterocycles. The quantitative estimate of drug-likeness (QED) is 0.684. The number of hydrogen-bond acceptors (Lipinski definition) is 2. The fourth-order valence-corrected chi connectivity index (χ4v) is 1.60. The van der Waals surface area contributed by atoms with Gasteiger partial charge in [0, 0.05) is 18.0 Å². The van der Waals surface area contributed by atoms with E-state index in [0.29, 0.717) is 5.92 Å². The van der Waals surface area contributed by atoms with Gasteiger partial charge in [0.15, 0.2) is 5.75 Å². The fourth-order valence-electron chi connectivity index (χ4n) is 1.60. The first-order valence-electron chi connectivity index (χ1n) is 4.40. The van der Waals surface area contributed by atoms with E-state index in [0.717, 1.165) is 18.7 Å². The van der Waals surface area contributed by atoms with E-state index in [1.165, 1.54) is 5.56 Å². The molecule has 2 rings (SSSR count). The number of hydrogen-bond donors (Lipinski definition) is 1. The Hall–Kier alpha value is -1.02. The lowest BCUT2D eigenvalue weighted by Gasteiger charge is -2.24. The van der Waals surface area contributed by atoms with E-state index in [-0.39, 0.29) is 0 Å². The van der Waals surface area contributed by atoms with Gasteiger partial charge in [0.2, 0.25) is 0 Å². The summed E-state index contributed by atoms with van der Waals surface area (Å²) in [4.78, 5) is 5.31. The predicted molar refractivity (Wildman–Crippen MR) is 48.1 cm³/mol. The second-order valence-electron chi connectivity index (χ2n) is 3.09. The molecule has 1 heterocycles. The normalized spacial score (nSPS) is 21.2. The van der Waals surface area contributed by atoms with Crippen LogP contribution in [0.2, 0.25) is 0 Å². The third kappa shape index (κ3) is 1.18. The number of rotatable bonds is 1. The molecule has 0 bridgehead atoms. The molecule has 0 fully saturated rings. The van der Waals surface area contributed by atoms with Crippen LogP contribution in [0.4, 0.5) is 0 Å². The highest BCUT2D eigenvalue weighted by molar-refractivity contribution is 5.37. The Morgan fingerprint density at radius 3 is 3.17 bits per heavy atom. The first-order valence-corrected chi connectivity index (χ1v) is 4.40. The lowest BCUT2D eigenvalue weighted by molar-refractivity contribution is 0.164. The maximum Gasteiger partial charge on any atom is 0.150 e. The second-order valence-corrected chi connectivity index (χ2v) is 3.09. The number of hydroxylamine groups is 1. The van der Waals surface area contributed by atoms with Gasteiger partial charge in [-0.15, -0.1) is 0 Å². The van der Waals surface area contributed by atoms with Crippen LogP contribution in [-0.2, 0) is 0 Å². The molecule has 0 spiro atoms. The van der Waals surface area contributed by atoms with Crippen LogP contribution in [0, 0.1) is 0 Å². The van der Waals surface area contributed by atoms with Crippen molar-refractivity contribution >= 4 is 0 Å². The van der Waals surface area contributed by atoms with Gasteiger partial charge in [0.25, 0.3) is 0 Å². The van der Waals surface area contributed by atoms with Crippen molar-refractivity contribution in [2.75, 3.05) is 6.54 Å². The Morgan fingerprint density at radius 1 is 1.50 bits per heavy atom. The Labute approximate surface area is 72.5 Å². The van der Waals surface area contributed by atoms with Crippen LogP contribution in [0.25, 0.3) is 0 Å². The second kappa shape index (κ2) is 3.15. The minimum atomic E-state index is 0.606. The number of fused-ring (bicyclic) bond motifs is 1. The Kier molecular flexibility index (Phi) is 2.00. The van der Waals surface area contributed by atoms with E-state index >= 15 is 0 Å². The van der Waals surface area contributed by atoms with E-state index in [2.05, 4.69) is 24.5 Å². The minimum Gasteiger partial charge on any atom is -0.408 e. The van der Waals surface area contributed by atoms with Crippen molar-refractivity contribution in [3.63, 3.8) is 0 Å². The van der Waals surface area contributed by atoms with Crippen LogP contribution < -0.4 is 10.3 Å². The predicted octanol–water partition coefficient (Wildman–Crippen LogP) is 2.08. The highest BCUT2D eigenvalue weighted by atomic mass is 16.6. The highest BCUT2D eigenvalue weighted by Gasteiger charge is 2.18. The number of para-hydroxylation sites is 1. The molecule has 0 saturated heterocycles. The fraction of sp³-hybridized carbons (Fsp3) is 0.400. The van der Waals surface area contributed by atoms with Crippen molar-refractivity contribution in [3.05, 3.63) is 29.8 Å². The van der Waals surface area contributed by atoms with Gasteiger partial charge in [0.1, 0.15) is 0 Å². The monoisotopic (exact) mass is 163 g/mol. The maximum absolute atomic E-state index is 5.31. The lowest BCUT2D eigenvalue weighted by atomic mass is 9.95. The molecule has 2 heteroatoms. The van der Waals surface area contributed by atoms with Gasteiger partial charge in [-0.05, 0) is 12.5 Å². The van der Waals surface area contributed by atoms with Gasteiger partial charge in [0.05, 0.1) is 0 Å². The largest absolute Gasteiger partial charge is 0.408 e. The van der Waals surface area contributed by atoms with Crippen molar-refractivity contribution in [1.29, 1.82) is 0 Å². The SMILES string of the molecule is CCC1CNOc2ccccc21. The summed E-state index contributed by atoms with van der Waals surface area (Å²) in [6, 6.07) is 8.21. The van der Waals surface area contributed by atoms with Crippen molar-refractivity contribution in [3.8, 4) is 5.75 Å². The molecule has 1 aromatic rings. The number of benzene rings is 1. The summed E-state index contributed by atoms with van der Waals surface area (Å²) in [5, 5.41) is 0. The lowest BCUT2D eigenvalue weighted by Crippen LogP contribution is -2.30. The minimum absolute atomic E-state index is 0.606. The molecule has 1 atom stereocenters. The van der Waals surface area contributed by atoms with Gasteiger partial charge in [-0.2, -0.15) is 5.48 Å². The summed E-state index contributed by atoms with van der Waals surface area (Å²) in [6.45, 7) is 3.13. The molecule has 1 aliphatic rings. The topological polar surface area (TPSA) is 21.3 Å². The van der Waals surface area contributed by atoms with E-state index in [1.54, 1.807) is 0 Å². The first-order chi connectivity index (χ1) is 5.92. The molecular weight excluding hydrogens is 150 g/mol. The third-order valence-corrected chi connectivity index (χ3v) is 2.36. The molecule has 1 aromatic carbocycles. The summed E-state index contributed by atoms with van der Waals surface area (Å²) in [6.07, 6.45) is 1.16. The first kappa shape index (κ1) is 7.62. The summed E-state index contributed by atoms with van der Waals surface area (Å²) >= 11 is 0. The van der Waals surface area contributed by atoms with Gasteiger partial charge < -0.3 is 4.84 Å². The Bertz CT molecular complexity index is 272. The maximum atomic E-state index is 5.31. The average molecular weight is 163 g/mol. The molecular formula is C10H13NO. The van der Waals surface area contributed by atoms with Gasteiger partial charge >= 0.3 is 0 Å². The molecule has 0 amide bonds. The standard InChI is InChI=1S/C10H13NO/c1-2-8-7-11-12-10-6-4-3-5-9(8)10/h3-6,8,11H,2,7H2,1H3. The van der Waals surface area contributed by atoms with Crippen molar-refractivity contribution in [1.82, 2.24) is 5.48 Å².